The fraction of sp³-hybridized carbons (Fsp3) is 0.933. The van der Waals surface area contributed by atoms with E-state index in [2.05, 4.69) is 17.1 Å². The van der Waals surface area contributed by atoms with E-state index in [4.69, 9.17) is 0 Å². The molecule has 1 N–H and O–H groups in total. The third kappa shape index (κ3) is 2.18. The van der Waals surface area contributed by atoms with E-state index in [0.717, 1.165) is 37.9 Å². The monoisotopic (exact) mass is 250 g/mol. The molecule has 2 atom stereocenters. The molecule has 0 radical (unpaired) electrons. The van der Waals surface area contributed by atoms with Crippen molar-refractivity contribution in [2.45, 2.75) is 63.8 Å². The maximum atomic E-state index is 12.5. The van der Waals surface area contributed by atoms with Gasteiger partial charge in [-0.1, -0.05) is 32.6 Å². The molecule has 1 saturated heterocycles. The second kappa shape index (κ2) is 4.84. The van der Waals surface area contributed by atoms with Crippen LogP contribution in [0.15, 0.2) is 0 Å². The summed E-state index contributed by atoms with van der Waals surface area (Å²) in [4.78, 5) is 14.7. The molecule has 3 nitrogen and oxygen atoms in total. The molecule has 3 heteroatoms. The maximum absolute atomic E-state index is 12.5. The Balaban J connectivity index is 1.59. The minimum Gasteiger partial charge on any atom is -0.328 e. The topological polar surface area (TPSA) is 32.3 Å². The van der Waals surface area contributed by atoms with Crippen LogP contribution in [-0.4, -0.2) is 29.6 Å². The predicted molar refractivity (Wildman–Crippen MR) is 72.0 cm³/mol. The van der Waals surface area contributed by atoms with Gasteiger partial charge in [0.1, 0.15) is 0 Å². The molecule has 3 rings (SSSR count). The summed E-state index contributed by atoms with van der Waals surface area (Å²) in [5.74, 6) is 2.00. The average Bonchev–Trinajstić information content (AvgIpc) is 2.93. The molecule has 2 saturated carbocycles. The van der Waals surface area contributed by atoms with Crippen LogP contribution in [0.2, 0.25) is 0 Å². The van der Waals surface area contributed by atoms with Crippen LogP contribution in [0, 0.1) is 11.8 Å². The normalized spacial score (nSPS) is 35.6. The number of hydrogen-bond donors (Lipinski definition) is 1. The van der Waals surface area contributed by atoms with Crippen molar-refractivity contribution in [3.05, 3.63) is 0 Å². The SMILES string of the molecule is CC1CCCC(CN2CNC3(CCCC3)C2=O)C1. The van der Waals surface area contributed by atoms with Crippen LogP contribution >= 0.6 is 0 Å². The highest BCUT2D eigenvalue weighted by atomic mass is 16.2. The quantitative estimate of drug-likeness (QED) is 0.816. The Labute approximate surface area is 110 Å². The highest BCUT2D eigenvalue weighted by Crippen LogP contribution is 2.36. The zero-order valence-corrected chi connectivity index (χ0v) is 11.6. The van der Waals surface area contributed by atoms with Crippen LogP contribution < -0.4 is 5.32 Å². The van der Waals surface area contributed by atoms with E-state index in [-0.39, 0.29) is 5.54 Å². The Hall–Kier alpha value is -0.570. The van der Waals surface area contributed by atoms with E-state index >= 15 is 0 Å². The van der Waals surface area contributed by atoms with E-state index in [1.165, 1.54) is 38.5 Å². The molecule has 1 heterocycles. The van der Waals surface area contributed by atoms with Crippen molar-refractivity contribution in [2.24, 2.45) is 11.8 Å². The van der Waals surface area contributed by atoms with Crippen molar-refractivity contribution in [3.63, 3.8) is 0 Å². The van der Waals surface area contributed by atoms with E-state index in [1.54, 1.807) is 0 Å². The van der Waals surface area contributed by atoms with Gasteiger partial charge in [0.05, 0.1) is 12.2 Å². The molecule has 2 unspecified atom stereocenters. The first-order valence-corrected chi connectivity index (χ1v) is 7.74. The van der Waals surface area contributed by atoms with E-state index in [1.807, 2.05) is 0 Å². The van der Waals surface area contributed by atoms with Crippen molar-refractivity contribution >= 4 is 5.91 Å². The summed E-state index contributed by atoms with van der Waals surface area (Å²) in [6, 6.07) is 0. The number of carbonyl (C=O) groups is 1. The standard InChI is InChI=1S/C15H26N2O/c1-12-5-4-6-13(9-12)10-17-11-16-15(14(17)18)7-2-3-8-15/h12-13,16H,2-11H2,1H3. The summed E-state index contributed by atoms with van der Waals surface area (Å²) in [6.07, 6.45) is 9.92. The highest BCUT2D eigenvalue weighted by Gasteiger charge is 2.48. The molecular weight excluding hydrogens is 224 g/mol. The Morgan fingerprint density at radius 2 is 2.06 bits per heavy atom. The van der Waals surface area contributed by atoms with Gasteiger partial charge in [-0.2, -0.15) is 0 Å². The average molecular weight is 250 g/mol. The summed E-state index contributed by atoms with van der Waals surface area (Å²) in [5.41, 5.74) is -0.152. The Morgan fingerprint density at radius 1 is 1.28 bits per heavy atom. The summed E-state index contributed by atoms with van der Waals surface area (Å²) in [5, 5.41) is 3.51. The molecule has 18 heavy (non-hydrogen) atoms. The number of nitrogens with zero attached hydrogens (tertiary/aromatic N) is 1. The molecule has 0 aromatic carbocycles. The number of nitrogens with one attached hydrogen (secondary N) is 1. The first-order valence-electron chi connectivity index (χ1n) is 7.74. The highest BCUT2D eigenvalue weighted by molar-refractivity contribution is 5.88. The first kappa shape index (κ1) is 12.5. The third-order valence-electron chi connectivity index (χ3n) is 5.29. The van der Waals surface area contributed by atoms with Crippen molar-refractivity contribution in [2.75, 3.05) is 13.2 Å². The lowest BCUT2D eigenvalue weighted by Crippen LogP contribution is -2.44. The zero-order chi connectivity index (χ0) is 12.6. The molecule has 3 aliphatic rings. The molecule has 0 aromatic rings. The van der Waals surface area contributed by atoms with Gasteiger partial charge in [-0.25, -0.2) is 0 Å². The van der Waals surface area contributed by atoms with Gasteiger partial charge in [0.25, 0.3) is 0 Å². The molecule has 1 spiro atoms. The third-order valence-corrected chi connectivity index (χ3v) is 5.29. The first-order chi connectivity index (χ1) is 8.70. The van der Waals surface area contributed by atoms with Crippen molar-refractivity contribution in [3.8, 4) is 0 Å². The second-order valence-electron chi connectivity index (χ2n) is 6.79. The largest absolute Gasteiger partial charge is 0.328 e. The Morgan fingerprint density at radius 3 is 2.78 bits per heavy atom. The van der Waals surface area contributed by atoms with Crippen molar-refractivity contribution < 1.29 is 4.79 Å². The van der Waals surface area contributed by atoms with Crippen molar-refractivity contribution in [1.82, 2.24) is 10.2 Å². The molecule has 102 valence electrons. The molecule has 0 bridgehead atoms. The molecule has 3 fully saturated rings. The summed E-state index contributed by atoms with van der Waals surface area (Å²) in [6.45, 7) is 4.15. The summed E-state index contributed by atoms with van der Waals surface area (Å²) in [7, 11) is 0. The summed E-state index contributed by atoms with van der Waals surface area (Å²) < 4.78 is 0. The van der Waals surface area contributed by atoms with E-state index < -0.39 is 0 Å². The number of hydrogen-bond acceptors (Lipinski definition) is 2. The lowest BCUT2D eigenvalue weighted by molar-refractivity contribution is -0.133. The van der Waals surface area contributed by atoms with Gasteiger partial charge in [0.15, 0.2) is 0 Å². The molecule has 1 amide bonds. The predicted octanol–water partition coefficient (Wildman–Crippen LogP) is 2.51. The molecular formula is C15H26N2O. The van der Waals surface area contributed by atoms with Crippen LogP contribution in [0.5, 0.6) is 0 Å². The van der Waals surface area contributed by atoms with Gasteiger partial charge in [-0.05, 0) is 37.5 Å². The van der Waals surface area contributed by atoms with Gasteiger partial charge >= 0.3 is 0 Å². The van der Waals surface area contributed by atoms with Crippen LogP contribution in [0.3, 0.4) is 0 Å². The van der Waals surface area contributed by atoms with Gasteiger partial charge < -0.3 is 4.90 Å². The smallest absolute Gasteiger partial charge is 0.243 e. The van der Waals surface area contributed by atoms with Crippen molar-refractivity contribution in [1.29, 1.82) is 0 Å². The maximum Gasteiger partial charge on any atom is 0.243 e. The van der Waals surface area contributed by atoms with Gasteiger partial charge in [-0.3, -0.25) is 10.1 Å². The Kier molecular flexibility index (Phi) is 3.35. The minimum absolute atomic E-state index is 0.152. The molecule has 0 aromatic heterocycles. The van der Waals surface area contributed by atoms with Crippen LogP contribution in [-0.2, 0) is 4.79 Å². The lowest BCUT2D eigenvalue weighted by atomic mass is 9.82. The molecule has 2 aliphatic carbocycles. The second-order valence-corrected chi connectivity index (χ2v) is 6.79. The van der Waals surface area contributed by atoms with Crippen LogP contribution in [0.25, 0.3) is 0 Å². The number of carbonyl (C=O) groups excluding carboxylic acids is 1. The fourth-order valence-corrected chi connectivity index (χ4v) is 4.25. The van der Waals surface area contributed by atoms with Crippen LogP contribution in [0.1, 0.15) is 58.3 Å². The van der Waals surface area contributed by atoms with Crippen LogP contribution in [0.4, 0.5) is 0 Å². The zero-order valence-electron chi connectivity index (χ0n) is 11.6. The van der Waals surface area contributed by atoms with Gasteiger partial charge in [0, 0.05) is 6.54 Å². The van der Waals surface area contributed by atoms with E-state index in [9.17, 15) is 4.79 Å². The summed E-state index contributed by atoms with van der Waals surface area (Å²) >= 11 is 0. The number of rotatable bonds is 2. The lowest BCUT2D eigenvalue weighted by Gasteiger charge is -2.30. The van der Waals surface area contributed by atoms with Gasteiger partial charge in [0.2, 0.25) is 5.91 Å². The fourth-order valence-electron chi connectivity index (χ4n) is 4.25. The Bertz CT molecular complexity index is 322. The van der Waals surface area contributed by atoms with Gasteiger partial charge in [-0.15, -0.1) is 0 Å². The minimum atomic E-state index is -0.152. The number of amides is 1. The molecule has 1 aliphatic heterocycles. The van der Waals surface area contributed by atoms with E-state index in [0.29, 0.717) is 5.91 Å².